The summed E-state index contributed by atoms with van der Waals surface area (Å²) >= 11 is 0. The predicted octanol–water partition coefficient (Wildman–Crippen LogP) is 3.42. The standard InChI is InChI=1S/C28H37F2N5O3/c1-27(10-16-34-14-8-21(27)9-15-34)33-25(36)28(37-2)11-17-35(19-24(28)30)26-31-13-7-23(32-26)20-3-5-22(6-4-20)38-18-12-29/h3-7,13,21,24H,8-12,14-19H2,1-2H3,(H,33,36). The van der Waals surface area contributed by atoms with Crippen LogP contribution in [0.2, 0.25) is 0 Å². The monoisotopic (exact) mass is 529 g/mol. The summed E-state index contributed by atoms with van der Waals surface area (Å²) < 4.78 is 39.2. The van der Waals surface area contributed by atoms with E-state index in [4.69, 9.17) is 9.47 Å². The van der Waals surface area contributed by atoms with Crippen LogP contribution >= 0.6 is 0 Å². The first-order chi connectivity index (χ1) is 18.4. The Balaban J connectivity index is 1.28. The molecular weight excluding hydrogens is 492 g/mol. The van der Waals surface area contributed by atoms with Gasteiger partial charge in [0.05, 0.1) is 12.2 Å². The van der Waals surface area contributed by atoms with Crippen LogP contribution in [0.4, 0.5) is 14.7 Å². The second kappa shape index (κ2) is 11.1. The summed E-state index contributed by atoms with van der Waals surface area (Å²) in [5.74, 6) is 1.00. The summed E-state index contributed by atoms with van der Waals surface area (Å²) in [6.07, 6.45) is 3.24. The van der Waals surface area contributed by atoms with E-state index in [1.165, 1.54) is 7.11 Å². The van der Waals surface area contributed by atoms with Crippen molar-refractivity contribution in [1.82, 2.24) is 20.2 Å². The van der Waals surface area contributed by atoms with E-state index < -0.39 is 18.4 Å². The molecule has 1 amide bonds. The number of benzene rings is 1. The lowest BCUT2D eigenvalue weighted by Crippen LogP contribution is -2.66. The van der Waals surface area contributed by atoms with Crippen LogP contribution in [0, 0.1) is 5.92 Å². The zero-order valence-electron chi connectivity index (χ0n) is 22.2. The fourth-order valence-corrected chi connectivity index (χ4v) is 6.11. The molecule has 38 heavy (non-hydrogen) atoms. The van der Waals surface area contributed by atoms with Gasteiger partial charge in [0, 0.05) is 43.9 Å². The summed E-state index contributed by atoms with van der Waals surface area (Å²) in [7, 11) is 1.42. The zero-order chi connectivity index (χ0) is 26.8. The third-order valence-corrected chi connectivity index (χ3v) is 8.65. The van der Waals surface area contributed by atoms with Gasteiger partial charge in [0.1, 0.15) is 19.0 Å². The number of rotatable bonds is 8. The second-order valence-electron chi connectivity index (χ2n) is 10.8. The van der Waals surface area contributed by atoms with E-state index in [9.17, 15) is 9.18 Å². The number of carbonyl (C=O) groups excluding carboxylic acids is 1. The lowest BCUT2D eigenvalue weighted by Gasteiger charge is -2.45. The molecule has 1 aromatic carbocycles. The molecule has 1 N–H and O–H groups in total. The number of piperidine rings is 2. The van der Waals surface area contributed by atoms with Crippen molar-refractivity contribution in [2.75, 3.05) is 58.0 Å². The van der Waals surface area contributed by atoms with E-state index in [1.807, 2.05) is 12.1 Å². The highest BCUT2D eigenvalue weighted by molar-refractivity contribution is 5.87. The minimum atomic E-state index is -1.55. The molecule has 4 fully saturated rings. The number of nitrogens with one attached hydrogen (secondary N) is 1. The Morgan fingerprint density at radius 1 is 1.13 bits per heavy atom. The van der Waals surface area contributed by atoms with Gasteiger partial charge in [0.15, 0.2) is 11.8 Å². The van der Waals surface area contributed by atoms with Crippen LogP contribution in [0.1, 0.15) is 32.6 Å². The summed E-state index contributed by atoms with van der Waals surface area (Å²) in [6, 6.07) is 8.98. The molecule has 206 valence electrons. The highest BCUT2D eigenvalue weighted by Gasteiger charge is 2.53. The molecule has 10 heteroatoms. The molecule has 2 aromatic rings. The molecule has 8 nitrogen and oxygen atoms in total. The topological polar surface area (TPSA) is 79.8 Å². The zero-order valence-corrected chi connectivity index (χ0v) is 22.2. The van der Waals surface area contributed by atoms with E-state index in [1.54, 1.807) is 29.3 Å². The number of halogens is 2. The minimum Gasteiger partial charge on any atom is -0.491 e. The Morgan fingerprint density at radius 2 is 1.89 bits per heavy atom. The Hall–Kier alpha value is -2.85. The predicted molar refractivity (Wildman–Crippen MR) is 141 cm³/mol. The third-order valence-electron chi connectivity index (χ3n) is 8.65. The number of hydrogen-bond acceptors (Lipinski definition) is 7. The van der Waals surface area contributed by atoms with Gasteiger partial charge >= 0.3 is 0 Å². The first-order valence-electron chi connectivity index (χ1n) is 13.5. The first kappa shape index (κ1) is 26.7. The van der Waals surface area contributed by atoms with Crippen molar-refractivity contribution in [3.05, 3.63) is 36.5 Å². The van der Waals surface area contributed by atoms with Crippen molar-refractivity contribution in [1.29, 1.82) is 0 Å². The van der Waals surface area contributed by atoms with Crippen molar-refractivity contribution in [3.63, 3.8) is 0 Å². The molecule has 4 aliphatic heterocycles. The molecule has 0 radical (unpaired) electrons. The molecular formula is C28H37F2N5O3. The average molecular weight is 530 g/mol. The van der Waals surface area contributed by atoms with Crippen molar-refractivity contribution in [2.24, 2.45) is 5.92 Å². The van der Waals surface area contributed by atoms with E-state index in [0.29, 0.717) is 29.9 Å². The number of ether oxygens (including phenoxy) is 2. The van der Waals surface area contributed by atoms with Crippen LogP contribution in [-0.2, 0) is 9.53 Å². The summed E-state index contributed by atoms with van der Waals surface area (Å²) in [5.41, 5.74) is -0.398. The molecule has 0 aliphatic carbocycles. The first-order valence-corrected chi connectivity index (χ1v) is 13.5. The molecule has 3 unspecified atom stereocenters. The SMILES string of the molecule is COC1(C(=O)NC2(C)CCN3CCC2CC3)CCN(c2nccc(-c3ccc(OCCF)cc3)n2)CC1F. The van der Waals surface area contributed by atoms with Gasteiger partial charge in [-0.25, -0.2) is 18.7 Å². The molecule has 0 saturated carbocycles. The normalized spacial score (nSPS) is 31.1. The molecule has 6 rings (SSSR count). The number of carbonyl (C=O) groups is 1. The lowest BCUT2D eigenvalue weighted by molar-refractivity contribution is -0.158. The van der Waals surface area contributed by atoms with Crippen molar-refractivity contribution >= 4 is 11.9 Å². The van der Waals surface area contributed by atoms with Gasteiger partial charge < -0.3 is 24.6 Å². The molecule has 1 aromatic heterocycles. The fourth-order valence-electron chi connectivity index (χ4n) is 6.11. The smallest absolute Gasteiger partial charge is 0.255 e. The van der Waals surface area contributed by atoms with Crippen molar-refractivity contribution in [3.8, 4) is 17.0 Å². The summed E-state index contributed by atoms with van der Waals surface area (Å²) in [6.45, 7) is 4.97. The van der Waals surface area contributed by atoms with Crippen LogP contribution in [0.3, 0.4) is 0 Å². The second-order valence-corrected chi connectivity index (χ2v) is 10.8. The van der Waals surface area contributed by atoms with Crippen LogP contribution < -0.4 is 15.0 Å². The molecule has 3 atom stereocenters. The van der Waals surface area contributed by atoms with Gasteiger partial charge in [-0.05, 0) is 75.5 Å². The molecule has 4 saturated heterocycles. The maximum atomic E-state index is 15.9. The molecule has 5 heterocycles. The number of amides is 1. The van der Waals surface area contributed by atoms with E-state index in [0.717, 1.165) is 44.5 Å². The van der Waals surface area contributed by atoms with Gasteiger partial charge in [-0.1, -0.05) is 0 Å². The number of methoxy groups -OCH3 is 1. The van der Waals surface area contributed by atoms with Crippen molar-refractivity contribution in [2.45, 2.75) is 49.9 Å². The maximum Gasteiger partial charge on any atom is 0.255 e. The Labute approximate surface area is 222 Å². The Kier molecular flexibility index (Phi) is 7.81. The number of anilines is 1. The number of alkyl halides is 2. The summed E-state index contributed by atoms with van der Waals surface area (Å²) in [4.78, 5) is 26.9. The average Bonchev–Trinajstić information content (AvgIpc) is 3.20. The lowest BCUT2D eigenvalue weighted by atomic mass is 9.78. The van der Waals surface area contributed by atoms with Crippen LogP contribution in [0.25, 0.3) is 11.3 Å². The van der Waals surface area contributed by atoms with Gasteiger partial charge in [0.25, 0.3) is 5.91 Å². The highest BCUT2D eigenvalue weighted by atomic mass is 19.1. The third kappa shape index (κ3) is 5.20. The highest BCUT2D eigenvalue weighted by Crippen LogP contribution is 2.37. The fraction of sp³-hybridized carbons (Fsp3) is 0.607. The molecule has 0 spiro atoms. The van der Waals surface area contributed by atoms with Gasteiger partial charge in [0.2, 0.25) is 5.95 Å². The Morgan fingerprint density at radius 3 is 2.58 bits per heavy atom. The number of fused-ring (bicyclic) bond motifs is 4. The number of hydrogen-bond donors (Lipinski definition) is 1. The quantitative estimate of drug-likeness (QED) is 0.562. The van der Waals surface area contributed by atoms with Crippen LogP contribution in [-0.4, -0.2) is 91.2 Å². The van der Waals surface area contributed by atoms with E-state index in [2.05, 4.69) is 27.1 Å². The van der Waals surface area contributed by atoms with Gasteiger partial charge in [-0.15, -0.1) is 0 Å². The molecule has 2 bridgehead atoms. The minimum absolute atomic E-state index is 0.00970. The molecule has 4 aliphatic rings. The van der Waals surface area contributed by atoms with Crippen LogP contribution in [0.5, 0.6) is 5.75 Å². The van der Waals surface area contributed by atoms with Gasteiger partial charge in [-0.3, -0.25) is 4.79 Å². The maximum absolute atomic E-state index is 15.9. The van der Waals surface area contributed by atoms with E-state index >= 15 is 4.39 Å². The Bertz CT molecular complexity index is 1110. The van der Waals surface area contributed by atoms with Gasteiger partial charge in [-0.2, -0.15) is 0 Å². The van der Waals surface area contributed by atoms with Crippen molar-refractivity contribution < 1.29 is 23.0 Å². The van der Waals surface area contributed by atoms with E-state index in [-0.39, 0.29) is 31.0 Å². The number of nitrogens with zero attached hydrogens (tertiary/aromatic N) is 4. The number of aromatic nitrogens is 2. The summed E-state index contributed by atoms with van der Waals surface area (Å²) in [5, 5.41) is 3.25. The largest absolute Gasteiger partial charge is 0.491 e. The van der Waals surface area contributed by atoms with Crippen LogP contribution in [0.15, 0.2) is 36.5 Å².